The van der Waals surface area contributed by atoms with E-state index >= 15 is 0 Å². The predicted molar refractivity (Wildman–Crippen MR) is 59.4 cm³/mol. The lowest BCUT2D eigenvalue weighted by Crippen LogP contribution is -2.47. The summed E-state index contributed by atoms with van der Waals surface area (Å²) in [5, 5.41) is 48.8. The van der Waals surface area contributed by atoms with E-state index in [1.54, 1.807) is 0 Å². The predicted octanol–water partition coefficient (Wildman–Crippen LogP) is -1.92. The van der Waals surface area contributed by atoms with Gasteiger partial charge in [-0.15, -0.1) is 0 Å². The van der Waals surface area contributed by atoms with Gasteiger partial charge in [0.25, 0.3) is 0 Å². The molecule has 1 unspecified atom stereocenters. The first-order valence-electron chi connectivity index (χ1n) is 5.33. The van der Waals surface area contributed by atoms with E-state index in [1.165, 1.54) is 0 Å². The van der Waals surface area contributed by atoms with Gasteiger partial charge < -0.3 is 25.5 Å². The van der Waals surface area contributed by atoms with E-state index < -0.39 is 36.8 Å². The largest absolute Gasteiger partial charge is 0.394 e. The first-order chi connectivity index (χ1) is 8.45. The van der Waals surface area contributed by atoms with E-state index in [-0.39, 0.29) is 19.4 Å². The van der Waals surface area contributed by atoms with Crippen molar-refractivity contribution in [2.24, 2.45) is 5.11 Å². The lowest BCUT2D eigenvalue weighted by molar-refractivity contribution is -0.148. The molecular formula is C9H17N3O6. The highest BCUT2D eigenvalue weighted by molar-refractivity contribution is 5.87. The minimum Gasteiger partial charge on any atom is -0.394 e. The van der Waals surface area contributed by atoms with Gasteiger partial charge in [0.1, 0.15) is 24.4 Å². The molecule has 0 aliphatic heterocycles. The Kier molecular flexibility index (Phi) is 8.21. The SMILES string of the molecule is [N-]=[N+]=NCCCC(O)C(=O)[C@@H](O)[C@@H](O)[C@H](O)CO. The van der Waals surface area contributed by atoms with Crippen LogP contribution < -0.4 is 0 Å². The lowest BCUT2D eigenvalue weighted by atomic mass is 9.99. The summed E-state index contributed by atoms with van der Waals surface area (Å²) in [6.45, 7) is -0.725. The van der Waals surface area contributed by atoms with Crippen LogP contribution in [0.3, 0.4) is 0 Å². The topological polar surface area (TPSA) is 167 Å². The summed E-state index contributed by atoms with van der Waals surface area (Å²) in [5.41, 5.74) is 7.99. The van der Waals surface area contributed by atoms with Gasteiger partial charge in [0.05, 0.1) is 6.61 Å². The summed E-state index contributed by atoms with van der Waals surface area (Å²) in [5.74, 6) is -1.06. The molecule has 4 atom stereocenters. The van der Waals surface area contributed by atoms with Crippen molar-refractivity contribution < 1.29 is 30.3 Å². The Hall–Kier alpha value is -1.22. The first-order valence-corrected chi connectivity index (χ1v) is 5.33. The third kappa shape index (κ3) is 5.41. The number of aliphatic hydroxyl groups is 5. The molecule has 0 saturated heterocycles. The number of aliphatic hydroxyl groups excluding tert-OH is 5. The van der Waals surface area contributed by atoms with Crippen LogP contribution in [0.25, 0.3) is 10.4 Å². The maximum absolute atomic E-state index is 11.4. The van der Waals surface area contributed by atoms with Crippen LogP contribution in [0.4, 0.5) is 0 Å². The van der Waals surface area contributed by atoms with Crippen molar-refractivity contribution in [3.8, 4) is 0 Å². The van der Waals surface area contributed by atoms with E-state index in [4.69, 9.17) is 15.7 Å². The number of carbonyl (C=O) groups is 1. The average molecular weight is 263 g/mol. The Morgan fingerprint density at radius 2 is 1.89 bits per heavy atom. The molecule has 9 nitrogen and oxygen atoms in total. The fraction of sp³-hybridized carbons (Fsp3) is 0.889. The number of rotatable bonds is 9. The molecule has 0 spiro atoms. The second-order valence-electron chi connectivity index (χ2n) is 3.70. The lowest BCUT2D eigenvalue weighted by Gasteiger charge is -2.22. The number of hydrogen-bond acceptors (Lipinski definition) is 7. The molecule has 0 aliphatic carbocycles. The third-order valence-electron chi connectivity index (χ3n) is 2.32. The second-order valence-corrected chi connectivity index (χ2v) is 3.70. The van der Waals surface area contributed by atoms with Crippen LogP contribution in [0, 0.1) is 0 Å². The maximum atomic E-state index is 11.4. The van der Waals surface area contributed by atoms with Crippen LogP contribution in [0.2, 0.25) is 0 Å². The Balaban J connectivity index is 4.22. The first kappa shape index (κ1) is 16.8. The number of azide groups is 1. The van der Waals surface area contributed by atoms with E-state index in [2.05, 4.69) is 10.0 Å². The minimum atomic E-state index is -1.98. The number of ketones is 1. The molecule has 0 saturated carbocycles. The molecule has 0 fully saturated rings. The molecule has 5 N–H and O–H groups in total. The van der Waals surface area contributed by atoms with Gasteiger partial charge in [0.15, 0.2) is 5.78 Å². The van der Waals surface area contributed by atoms with Gasteiger partial charge in [0, 0.05) is 11.5 Å². The molecule has 18 heavy (non-hydrogen) atoms. The van der Waals surface area contributed by atoms with Crippen molar-refractivity contribution in [3.05, 3.63) is 10.4 Å². The molecule has 0 amide bonds. The van der Waals surface area contributed by atoms with Crippen LogP contribution >= 0.6 is 0 Å². The Bertz CT molecular complexity index is 307. The minimum absolute atomic E-state index is 0.0448. The van der Waals surface area contributed by atoms with E-state index in [1.807, 2.05) is 0 Å². The molecule has 9 heteroatoms. The molecule has 0 aromatic carbocycles. The molecule has 0 aliphatic rings. The normalized spacial score (nSPS) is 17.4. The number of Topliss-reactive ketones (excluding diaryl/α,β-unsaturated/α-hetero) is 1. The van der Waals surface area contributed by atoms with Crippen molar-refractivity contribution in [3.63, 3.8) is 0 Å². The quantitative estimate of drug-likeness (QED) is 0.141. The van der Waals surface area contributed by atoms with Crippen molar-refractivity contribution in [2.75, 3.05) is 13.2 Å². The van der Waals surface area contributed by atoms with Crippen LogP contribution in [0.5, 0.6) is 0 Å². The maximum Gasteiger partial charge on any atom is 0.192 e. The zero-order valence-electron chi connectivity index (χ0n) is 9.62. The van der Waals surface area contributed by atoms with Crippen LogP contribution in [0.15, 0.2) is 5.11 Å². The Morgan fingerprint density at radius 1 is 1.28 bits per heavy atom. The fourth-order valence-electron chi connectivity index (χ4n) is 1.23. The fourth-order valence-corrected chi connectivity index (χ4v) is 1.23. The van der Waals surface area contributed by atoms with Crippen LogP contribution in [-0.4, -0.2) is 68.9 Å². The van der Waals surface area contributed by atoms with Gasteiger partial charge >= 0.3 is 0 Å². The van der Waals surface area contributed by atoms with Gasteiger partial charge in [-0.1, -0.05) is 5.11 Å². The van der Waals surface area contributed by atoms with Crippen molar-refractivity contribution in [1.29, 1.82) is 0 Å². The molecule has 104 valence electrons. The molecule has 0 radical (unpaired) electrons. The molecule has 0 bridgehead atoms. The summed E-state index contributed by atoms with van der Waals surface area (Å²) in [6.07, 6.45) is -6.86. The number of nitrogens with zero attached hydrogens (tertiary/aromatic N) is 3. The van der Waals surface area contributed by atoms with Gasteiger partial charge in [-0.3, -0.25) is 4.79 Å². The third-order valence-corrected chi connectivity index (χ3v) is 2.32. The van der Waals surface area contributed by atoms with Gasteiger partial charge in [0.2, 0.25) is 0 Å². The molecule has 0 aromatic heterocycles. The van der Waals surface area contributed by atoms with Crippen molar-refractivity contribution >= 4 is 5.78 Å². The highest BCUT2D eigenvalue weighted by Crippen LogP contribution is 2.07. The Labute approximate surface area is 103 Å². The van der Waals surface area contributed by atoms with Crippen LogP contribution in [-0.2, 0) is 4.79 Å². The summed E-state index contributed by atoms with van der Waals surface area (Å²) in [6, 6.07) is 0. The van der Waals surface area contributed by atoms with Gasteiger partial charge in [-0.2, -0.15) is 0 Å². The molecule has 0 aromatic rings. The van der Waals surface area contributed by atoms with E-state index in [0.717, 1.165) is 0 Å². The van der Waals surface area contributed by atoms with E-state index in [9.17, 15) is 20.1 Å². The van der Waals surface area contributed by atoms with Crippen LogP contribution in [0.1, 0.15) is 12.8 Å². The number of carbonyl (C=O) groups excluding carboxylic acids is 1. The summed E-state index contributed by atoms with van der Waals surface area (Å²) >= 11 is 0. The zero-order valence-corrected chi connectivity index (χ0v) is 9.62. The number of hydrogen-bond donors (Lipinski definition) is 5. The Morgan fingerprint density at radius 3 is 2.39 bits per heavy atom. The van der Waals surface area contributed by atoms with Crippen molar-refractivity contribution in [2.45, 2.75) is 37.3 Å². The summed E-state index contributed by atoms with van der Waals surface area (Å²) < 4.78 is 0. The summed E-state index contributed by atoms with van der Waals surface area (Å²) in [4.78, 5) is 13.9. The molecule has 0 heterocycles. The summed E-state index contributed by atoms with van der Waals surface area (Å²) in [7, 11) is 0. The highest BCUT2D eigenvalue weighted by Gasteiger charge is 2.33. The van der Waals surface area contributed by atoms with Crippen molar-refractivity contribution in [1.82, 2.24) is 0 Å². The van der Waals surface area contributed by atoms with Gasteiger partial charge in [-0.25, -0.2) is 0 Å². The zero-order chi connectivity index (χ0) is 14.1. The smallest absolute Gasteiger partial charge is 0.192 e. The standard InChI is InChI=1S/C9H17N3O6/c10-12-11-3-1-2-5(14)7(16)9(18)8(17)6(15)4-13/h5-6,8-9,13-15,17-18H,1-4H2/t5?,6-,8+,9-/m1/s1. The average Bonchev–Trinajstić information content (AvgIpc) is 2.39. The van der Waals surface area contributed by atoms with E-state index in [0.29, 0.717) is 0 Å². The second kappa shape index (κ2) is 8.81. The monoisotopic (exact) mass is 263 g/mol. The highest BCUT2D eigenvalue weighted by atomic mass is 16.4. The van der Waals surface area contributed by atoms with Gasteiger partial charge in [-0.05, 0) is 18.4 Å². The molecular weight excluding hydrogens is 246 g/mol. The molecule has 0 rings (SSSR count).